The molecule has 246 valence electrons. The second-order valence-electron chi connectivity index (χ2n) is 14.4. The van der Waals surface area contributed by atoms with Crippen LogP contribution in [0.25, 0.3) is 22.4 Å². The van der Waals surface area contributed by atoms with Gasteiger partial charge in [-0.2, -0.15) is 0 Å². The zero-order chi connectivity index (χ0) is 33.1. The van der Waals surface area contributed by atoms with Crippen LogP contribution in [0.4, 0.5) is 11.5 Å². The Morgan fingerprint density at radius 2 is 2.06 bits per heavy atom. The molecule has 0 unspecified atom stereocenters. The molecule has 47 heavy (non-hydrogen) atoms. The highest BCUT2D eigenvalue weighted by Crippen LogP contribution is 2.68. The molecule has 0 spiro atoms. The summed E-state index contributed by atoms with van der Waals surface area (Å²) in [4.78, 5) is 43.1. The van der Waals surface area contributed by atoms with Gasteiger partial charge < -0.3 is 20.1 Å². The number of nitrogens with zero attached hydrogens (tertiary/aromatic N) is 6. The third-order valence-electron chi connectivity index (χ3n) is 12.0. The molecule has 3 saturated carbocycles. The summed E-state index contributed by atoms with van der Waals surface area (Å²) < 4.78 is 7.86. The third kappa shape index (κ3) is 4.95. The van der Waals surface area contributed by atoms with Gasteiger partial charge in [0.25, 0.3) is 0 Å². The van der Waals surface area contributed by atoms with Crippen LogP contribution in [0.3, 0.4) is 0 Å². The van der Waals surface area contributed by atoms with Crippen molar-refractivity contribution in [3.63, 3.8) is 0 Å². The summed E-state index contributed by atoms with van der Waals surface area (Å²) in [6.45, 7) is 12.4. The fourth-order valence-corrected chi connectivity index (χ4v) is 9.09. The number of rotatable bonds is 7. The highest BCUT2D eigenvalue weighted by molar-refractivity contribution is 5.86. The van der Waals surface area contributed by atoms with Gasteiger partial charge in [0, 0.05) is 34.4 Å². The van der Waals surface area contributed by atoms with E-state index in [1.54, 1.807) is 12.5 Å². The maximum absolute atomic E-state index is 13.7. The number of carbonyl (C=O) groups excluding carboxylic acids is 2. The van der Waals surface area contributed by atoms with Crippen LogP contribution in [0.15, 0.2) is 55.8 Å². The molecule has 0 saturated heterocycles. The quantitative estimate of drug-likeness (QED) is 0.180. The highest BCUT2D eigenvalue weighted by atomic mass is 16.5. The lowest BCUT2D eigenvalue weighted by Crippen LogP contribution is -2.63. The molecule has 1 aromatic carbocycles. The van der Waals surface area contributed by atoms with Crippen LogP contribution >= 0.6 is 0 Å². The number of carbonyl (C=O) groups is 2. The number of fused-ring (bicyclic) bond motifs is 1. The molecule has 4 aromatic rings. The molecule has 12 nitrogen and oxygen atoms in total. The second-order valence-corrected chi connectivity index (χ2v) is 14.4. The first-order valence-corrected chi connectivity index (χ1v) is 16.4. The summed E-state index contributed by atoms with van der Waals surface area (Å²) in [5, 5.41) is 23.6. The minimum atomic E-state index is -0.712. The lowest BCUT2D eigenvalue weighted by atomic mass is 9.44. The molecule has 0 radical (unpaired) electrons. The number of hydrogen-bond acceptors (Lipinski definition) is 10. The van der Waals surface area contributed by atoms with E-state index >= 15 is 0 Å². The molecule has 8 atom stereocenters. The largest absolute Gasteiger partial charge is 0.460 e. The van der Waals surface area contributed by atoms with Crippen LogP contribution < -0.4 is 5.32 Å². The van der Waals surface area contributed by atoms with Crippen molar-refractivity contribution in [2.75, 3.05) is 5.32 Å². The Morgan fingerprint density at radius 3 is 2.87 bits per heavy atom. The van der Waals surface area contributed by atoms with E-state index < -0.39 is 29.0 Å². The number of anilines is 2. The van der Waals surface area contributed by atoms with Gasteiger partial charge >= 0.3 is 5.97 Å². The van der Waals surface area contributed by atoms with E-state index in [0.717, 1.165) is 30.5 Å². The van der Waals surface area contributed by atoms with Gasteiger partial charge in [-0.15, -0.1) is 11.7 Å². The van der Waals surface area contributed by atoms with E-state index in [4.69, 9.17) is 4.74 Å². The lowest BCUT2D eigenvalue weighted by Gasteiger charge is -2.61. The number of H-pyrrole nitrogens is 1. The molecule has 3 aliphatic carbocycles. The topological polar surface area (TPSA) is 161 Å². The van der Waals surface area contributed by atoms with Crippen molar-refractivity contribution >= 4 is 34.4 Å². The number of Topliss-reactive ketones (excluding diaryl/α,β-unsaturated/α-hetero) is 1. The van der Waals surface area contributed by atoms with E-state index in [2.05, 4.69) is 62.9 Å². The molecular formula is C35H42N8O4. The Hall–Kier alpha value is -4.45. The summed E-state index contributed by atoms with van der Waals surface area (Å²) in [7, 11) is 0. The van der Waals surface area contributed by atoms with E-state index in [1.165, 1.54) is 11.0 Å². The van der Waals surface area contributed by atoms with E-state index in [-0.39, 0.29) is 35.5 Å². The zero-order valence-corrected chi connectivity index (χ0v) is 27.3. The van der Waals surface area contributed by atoms with Crippen LogP contribution in [0.1, 0.15) is 59.8 Å². The second kappa shape index (κ2) is 11.4. The average Bonchev–Trinajstić information content (AvgIpc) is 3.82. The van der Waals surface area contributed by atoms with Gasteiger partial charge in [0.2, 0.25) is 0 Å². The van der Waals surface area contributed by atoms with Crippen molar-refractivity contribution in [2.24, 2.45) is 34.0 Å². The van der Waals surface area contributed by atoms with Crippen molar-refractivity contribution in [1.29, 1.82) is 0 Å². The number of ether oxygens (including phenoxy) is 1. The molecule has 3 fully saturated rings. The molecule has 0 amide bonds. The lowest BCUT2D eigenvalue weighted by molar-refractivity contribution is -0.207. The Labute approximate surface area is 273 Å². The number of aromatic amines is 1. The monoisotopic (exact) mass is 638 g/mol. The summed E-state index contributed by atoms with van der Waals surface area (Å²) in [5.41, 5.74) is 1.84. The molecule has 3 N–H and O–H groups in total. The smallest absolute Gasteiger partial charge is 0.328 e. The summed E-state index contributed by atoms with van der Waals surface area (Å²) in [6, 6.07) is 7.64. The number of nitrogens with one attached hydrogen (secondary N) is 2. The van der Waals surface area contributed by atoms with E-state index in [1.807, 2.05) is 37.3 Å². The maximum Gasteiger partial charge on any atom is 0.328 e. The first-order valence-electron chi connectivity index (χ1n) is 16.4. The average molecular weight is 639 g/mol. The highest BCUT2D eigenvalue weighted by Gasteiger charge is 2.68. The molecular weight excluding hydrogens is 596 g/mol. The van der Waals surface area contributed by atoms with Crippen LogP contribution in [0, 0.1) is 34.0 Å². The van der Waals surface area contributed by atoms with Crippen LogP contribution in [0.2, 0.25) is 0 Å². The van der Waals surface area contributed by atoms with Gasteiger partial charge in [0.05, 0.1) is 18.6 Å². The summed E-state index contributed by atoms with van der Waals surface area (Å²) in [6.07, 6.45) is 8.69. The van der Waals surface area contributed by atoms with Crippen molar-refractivity contribution in [1.82, 2.24) is 34.9 Å². The standard InChI is InChI=1S/C35H42N8O4/c1-6-33(4)15-26(34(5)20(2)10-12-35(21(3)30(33)46)13-11-25(44)29(34)35)47-27(45)17-43-16-24(41-42-43)22-8-7-9-23(14-22)40-32-28-31(37-18-36-28)38-19-39-32/h6-9,14,16,18-21,26,29-30,46H,1,10-13,15,17H2,2-5H3,(H2,36,37,38,39,40)/t20-,21+,26-,29+,30+,33-,34+,35+/m1/s1. The first kappa shape index (κ1) is 31.2. The molecule has 7 rings (SSSR count). The SMILES string of the molecule is C=C[C@]1(C)C[C@@H](OC(=O)Cn2cc(-c3cccc(Nc4ncnc5nc[nH]c45)c3)nn2)[C@]2(C)[C@H](C)CC[C@]3(CCC(=O)[C@H]32)[C@@H](C)[C@@H]1O. The number of aromatic nitrogens is 7. The fourth-order valence-electron chi connectivity index (χ4n) is 9.09. The van der Waals surface area contributed by atoms with Crippen molar-refractivity contribution in [3.05, 3.63) is 55.8 Å². The predicted molar refractivity (Wildman–Crippen MR) is 175 cm³/mol. The predicted octanol–water partition coefficient (Wildman–Crippen LogP) is 5.26. The zero-order valence-electron chi connectivity index (χ0n) is 27.3. The molecule has 2 bridgehead atoms. The number of hydrogen-bond donors (Lipinski definition) is 3. The van der Waals surface area contributed by atoms with E-state index in [0.29, 0.717) is 35.5 Å². The number of benzene rings is 1. The molecule has 3 heterocycles. The minimum absolute atomic E-state index is 0.0832. The summed E-state index contributed by atoms with van der Waals surface area (Å²) in [5.74, 6) is 0.160. The van der Waals surface area contributed by atoms with Crippen molar-refractivity contribution < 1.29 is 19.4 Å². The molecule has 3 aromatic heterocycles. The van der Waals surface area contributed by atoms with Crippen LogP contribution in [-0.2, 0) is 20.9 Å². The Morgan fingerprint density at radius 1 is 1.23 bits per heavy atom. The third-order valence-corrected chi connectivity index (χ3v) is 12.0. The van der Waals surface area contributed by atoms with Gasteiger partial charge in [0.1, 0.15) is 36.0 Å². The number of ketones is 1. The maximum atomic E-state index is 13.7. The number of aliphatic hydroxyl groups excluding tert-OH is 1. The normalized spacial score (nSPS) is 33.6. The minimum Gasteiger partial charge on any atom is -0.460 e. The Bertz CT molecular complexity index is 1850. The van der Waals surface area contributed by atoms with Gasteiger partial charge in [0.15, 0.2) is 11.5 Å². The van der Waals surface area contributed by atoms with Crippen molar-refractivity contribution in [2.45, 2.75) is 78.6 Å². The first-order chi connectivity index (χ1) is 22.5. The van der Waals surface area contributed by atoms with Crippen LogP contribution in [0.5, 0.6) is 0 Å². The van der Waals surface area contributed by atoms with Crippen molar-refractivity contribution in [3.8, 4) is 11.3 Å². The van der Waals surface area contributed by atoms with Gasteiger partial charge in [-0.1, -0.05) is 51.1 Å². The molecule has 3 aliphatic rings. The Balaban J connectivity index is 1.12. The Kier molecular flexibility index (Phi) is 7.53. The van der Waals surface area contributed by atoms with Crippen LogP contribution in [-0.4, -0.2) is 64.0 Å². The molecule has 0 aliphatic heterocycles. The van der Waals surface area contributed by atoms with Gasteiger partial charge in [-0.3, -0.25) is 9.59 Å². The van der Waals surface area contributed by atoms with E-state index in [9.17, 15) is 14.7 Å². The number of imidazole rings is 1. The van der Waals surface area contributed by atoms with Gasteiger partial charge in [-0.05, 0) is 55.1 Å². The fraction of sp³-hybridized carbons (Fsp3) is 0.514. The van der Waals surface area contributed by atoms with Gasteiger partial charge in [-0.25, -0.2) is 19.6 Å². The number of esters is 1. The molecule has 12 heteroatoms. The number of aliphatic hydroxyl groups is 1. The summed E-state index contributed by atoms with van der Waals surface area (Å²) >= 11 is 0.